The van der Waals surface area contributed by atoms with Crippen LogP contribution in [0.3, 0.4) is 0 Å². The summed E-state index contributed by atoms with van der Waals surface area (Å²) in [5.41, 5.74) is 7.64. The molecule has 1 aromatic rings. The predicted molar refractivity (Wildman–Crippen MR) is 66.9 cm³/mol. The van der Waals surface area contributed by atoms with Crippen LogP contribution in [0, 0.1) is 0 Å². The van der Waals surface area contributed by atoms with Crippen molar-refractivity contribution < 1.29 is 5.11 Å². The Kier molecular flexibility index (Phi) is 3.91. The zero-order valence-electron chi connectivity index (χ0n) is 10.3. The van der Waals surface area contributed by atoms with Gasteiger partial charge in [0.2, 0.25) is 5.95 Å². The Morgan fingerprint density at radius 1 is 1.47 bits per heavy atom. The number of aryl methyl sites for hydroxylation is 1. The molecule has 0 aromatic carbocycles. The normalized spacial score (nSPS) is 17.5. The number of aliphatic hydroxyl groups excluding tert-OH is 1. The Balaban J connectivity index is 2.26. The van der Waals surface area contributed by atoms with Gasteiger partial charge in [0.25, 0.3) is 0 Å². The highest BCUT2D eigenvalue weighted by Crippen LogP contribution is 2.20. The Morgan fingerprint density at radius 2 is 2.18 bits per heavy atom. The van der Waals surface area contributed by atoms with Crippen molar-refractivity contribution in [2.75, 3.05) is 24.6 Å². The molecule has 94 valence electrons. The number of anilines is 1. The van der Waals surface area contributed by atoms with E-state index >= 15 is 0 Å². The van der Waals surface area contributed by atoms with Crippen LogP contribution in [0.4, 0.5) is 5.95 Å². The second-order valence-corrected chi connectivity index (χ2v) is 4.41. The van der Waals surface area contributed by atoms with Crippen LogP contribution in [0.5, 0.6) is 0 Å². The maximum atomic E-state index is 9.10. The standard InChI is InChI=1S/C12H20N4O/c1-2-11-9(10(13)8-17)7-14-12(15-11)16-5-3-4-6-16/h7,10,17H,2-6,8,13H2,1H3. The van der Waals surface area contributed by atoms with Crippen molar-refractivity contribution in [2.24, 2.45) is 5.73 Å². The molecule has 1 aliphatic heterocycles. The molecule has 1 fully saturated rings. The summed E-state index contributed by atoms with van der Waals surface area (Å²) in [6.45, 7) is 4.05. The highest BCUT2D eigenvalue weighted by Gasteiger charge is 2.18. The van der Waals surface area contributed by atoms with Gasteiger partial charge in [0.15, 0.2) is 0 Å². The van der Waals surface area contributed by atoms with E-state index in [1.807, 2.05) is 6.92 Å². The van der Waals surface area contributed by atoms with Crippen molar-refractivity contribution in [3.8, 4) is 0 Å². The fraction of sp³-hybridized carbons (Fsp3) is 0.667. The Morgan fingerprint density at radius 3 is 2.76 bits per heavy atom. The van der Waals surface area contributed by atoms with Gasteiger partial charge < -0.3 is 15.7 Å². The average molecular weight is 236 g/mol. The molecule has 3 N–H and O–H groups in total. The minimum absolute atomic E-state index is 0.0700. The van der Waals surface area contributed by atoms with Crippen molar-refractivity contribution in [3.05, 3.63) is 17.5 Å². The molecule has 1 atom stereocenters. The highest BCUT2D eigenvalue weighted by molar-refractivity contribution is 5.35. The summed E-state index contributed by atoms with van der Waals surface area (Å²) in [7, 11) is 0. The van der Waals surface area contributed by atoms with E-state index in [0.717, 1.165) is 36.7 Å². The maximum absolute atomic E-state index is 9.10. The molecule has 1 aliphatic rings. The van der Waals surface area contributed by atoms with E-state index in [1.54, 1.807) is 6.20 Å². The van der Waals surface area contributed by atoms with Gasteiger partial charge in [0.1, 0.15) is 0 Å². The molecule has 17 heavy (non-hydrogen) atoms. The van der Waals surface area contributed by atoms with Gasteiger partial charge in [-0.1, -0.05) is 6.92 Å². The quantitative estimate of drug-likeness (QED) is 0.802. The van der Waals surface area contributed by atoms with Gasteiger partial charge in [0.05, 0.1) is 18.3 Å². The van der Waals surface area contributed by atoms with Gasteiger partial charge in [-0.2, -0.15) is 0 Å². The third-order valence-electron chi connectivity index (χ3n) is 3.21. The van der Waals surface area contributed by atoms with Crippen LogP contribution in [-0.2, 0) is 6.42 Å². The Labute approximate surface area is 102 Å². The molecule has 0 bridgehead atoms. The number of nitrogens with zero attached hydrogens (tertiary/aromatic N) is 3. The molecular formula is C12H20N4O. The molecule has 0 saturated carbocycles. The van der Waals surface area contributed by atoms with E-state index in [4.69, 9.17) is 10.8 Å². The number of rotatable bonds is 4. The number of aliphatic hydroxyl groups is 1. The summed E-state index contributed by atoms with van der Waals surface area (Å²) in [6.07, 6.45) is 5.00. The first-order valence-corrected chi connectivity index (χ1v) is 6.23. The molecule has 0 amide bonds. The second kappa shape index (κ2) is 5.42. The number of aromatic nitrogens is 2. The van der Waals surface area contributed by atoms with Crippen molar-refractivity contribution in [2.45, 2.75) is 32.2 Å². The largest absolute Gasteiger partial charge is 0.394 e. The molecule has 1 aromatic heterocycles. The van der Waals surface area contributed by atoms with Gasteiger partial charge in [-0.25, -0.2) is 9.97 Å². The maximum Gasteiger partial charge on any atom is 0.225 e. The molecule has 2 heterocycles. The van der Waals surface area contributed by atoms with E-state index in [2.05, 4.69) is 14.9 Å². The van der Waals surface area contributed by atoms with Gasteiger partial charge >= 0.3 is 0 Å². The summed E-state index contributed by atoms with van der Waals surface area (Å²) in [6, 6.07) is -0.377. The summed E-state index contributed by atoms with van der Waals surface area (Å²) >= 11 is 0. The first-order chi connectivity index (χ1) is 8.26. The zero-order chi connectivity index (χ0) is 12.3. The minimum atomic E-state index is -0.377. The molecule has 1 unspecified atom stereocenters. The monoisotopic (exact) mass is 236 g/mol. The van der Waals surface area contributed by atoms with Gasteiger partial charge in [-0.3, -0.25) is 0 Å². The van der Waals surface area contributed by atoms with Crippen LogP contribution in [0.2, 0.25) is 0 Å². The van der Waals surface area contributed by atoms with E-state index in [-0.39, 0.29) is 12.6 Å². The van der Waals surface area contributed by atoms with E-state index in [0.29, 0.717) is 0 Å². The smallest absolute Gasteiger partial charge is 0.225 e. The topological polar surface area (TPSA) is 75.3 Å². The lowest BCUT2D eigenvalue weighted by molar-refractivity contribution is 0.267. The Hall–Kier alpha value is -1.20. The lowest BCUT2D eigenvalue weighted by Gasteiger charge is -2.18. The molecule has 5 nitrogen and oxygen atoms in total. The molecular weight excluding hydrogens is 216 g/mol. The van der Waals surface area contributed by atoms with Crippen molar-refractivity contribution >= 4 is 5.95 Å². The first-order valence-electron chi connectivity index (χ1n) is 6.23. The van der Waals surface area contributed by atoms with Crippen molar-refractivity contribution in [1.29, 1.82) is 0 Å². The summed E-state index contributed by atoms with van der Waals surface area (Å²) in [5.74, 6) is 0.799. The summed E-state index contributed by atoms with van der Waals surface area (Å²) in [5, 5.41) is 9.10. The molecule has 0 radical (unpaired) electrons. The third kappa shape index (κ3) is 2.56. The molecule has 0 aliphatic carbocycles. The number of nitrogens with two attached hydrogens (primary N) is 1. The van der Waals surface area contributed by atoms with Crippen LogP contribution in [-0.4, -0.2) is 34.8 Å². The third-order valence-corrected chi connectivity index (χ3v) is 3.21. The number of hydrogen-bond donors (Lipinski definition) is 2. The Bertz CT molecular complexity index is 377. The SMILES string of the molecule is CCc1nc(N2CCCC2)ncc1C(N)CO. The van der Waals surface area contributed by atoms with Crippen LogP contribution >= 0.6 is 0 Å². The van der Waals surface area contributed by atoms with Gasteiger partial charge in [-0.15, -0.1) is 0 Å². The van der Waals surface area contributed by atoms with Gasteiger partial charge in [-0.05, 0) is 19.3 Å². The van der Waals surface area contributed by atoms with Gasteiger partial charge in [0, 0.05) is 24.8 Å². The average Bonchev–Trinajstić information content (AvgIpc) is 2.91. The molecule has 5 heteroatoms. The lowest BCUT2D eigenvalue weighted by Crippen LogP contribution is -2.23. The highest BCUT2D eigenvalue weighted by atomic mass is 16.3. The van der Waals surface area contributed by atoms with E-state index in [1.165, 1.54) is 12.8 Å². The van der Waals surface area contributed by atoms with E-state index < -0.39 is 0 Å². The number of hydrogen-bond acceptors (Lipinski definition) is 5. The fourth-order valence-electron chi connectivity index (χ4n) is 2.18. The van der Waals surface area contributed by atoms with Crippen LogP contribution in [0.15, 0.2) is 6.20 Å². The fourth-order valence-corrected chi connectivity index (χ4v) is 2.18. The van der Waals surface area contributed by atoms with Crippen LogP contribution in [0.1, 0.15) is 37.1 Å². The predicted octanol–water partition coefficient (Wildman–Crippen LogP) is 0.631. The lowest BCUT2D eigenvalue weighted by atomic mass is 10.1. The summed E-state index contributed by atoms with van der Waals surface area (Å²) in [4.78, 5) is 11.1. The van der Waals surface area contributed by atoms with Crippen molar-refractivity contribution in [3.63, 3.8) is 0 Å². The first kappa shape index (κ1) is 12.3. The molecule has 0 spiro atoms. The van der Waals surface area contributed by atoms with E-state index in [9.17, 15) is 0 Å². The van der Waals surface area contributed by atoms with Crippen LogP contribution in [0.25, 0.3) is 0 Å². The summed E-state index contributed by atoms with van der Waals surface area (Å²) < 4.78 is 0. The van der Waals surface area contributed by atoms with Crippen LogP contribution < -0.4 is 10.6 Å². The van der Waals surface area contributed by atoms with Crippen molar-refractivity contribution in [1.82, 2.24) is 9.97 Å². The molecule has 2 rings (SSSR count). The second-order valence-electron chi connectivity index (χ2n) is 4.41. The zero-order valence-corrected chi connectivity index (χ0v) is 10.3. The minimum Gasteiger partial charge on any atom is -0.394 e. The molecule has 1 saturated heterocycles.